The molecule has 1 rings (SSSR count). The first kappa shape index (κ1) is 7.52. The number of benzene rings is 1. The molecule has 0 aliphatic rings. The molecule has 0 saturated heterocycles. The topological polar surface area (TPSA) is 17.1 Å². The third kappa shape index (κ3) is 2.34. The van der Waals surface area contributed by atoms with Gasteiger partial charge in [-0.3, -0.25) is 0 Å². The minimum absolute atomic E-state index is 0.350. The van der Waals surface area contributed by atoms with Gasteiger partial charge in [0.1, 0.15) is 0 Å². The molecule has 1 nitrogen and oxygen atoms in total. The zero-order chi connectivity index (χ0) is 7.23. The number of rotatable bonds is 3. The molecule has 0 N–H and O–H groups in total. The molecule has 0 saturated carbocycles. The van der Waals surface area contributed by atoms with E-state index in [9.17, 15) is 4.79 Å². The Kier molecular flexibility index (Phi) is 3.20. The van der Waals surface area contributed by atoms with Crippen LogP contribution in [-0.2, 0) is 4.79 Å². The van der Waals surface area contributed by atoms with E-state index in [2.05, 4.69) is 12.1 Å². The minimum atomic E-state index is 0.350. The summed E-state index contributed by atoms with van der Waals surface area (Å²) in [5.74, 6) is 0. The average Bonchev–Trinajstić information content (AvgIpc) is 2.03. The summed E-state index contributed by atoms with van der Waals surface area (Å²) in [6, 6.07) is 10.1. The number of carbonyl (C=O) groups is 1. The molecule has 1 aromatic carbocycles. The van der Waals surface area contributed by atoms with Crippen LogP contribution in [0.4, 0.5) is 0 Å². The third-order valence-corrected chi connectivity index (χ3v) is 2.97. The second kappa shape index (κ2) is 4.26. The van der Waals surface area contributed by atoms with Crippen LogP contribution in [0, 0.1) is 0 Å². The predicted molar refractivity (Wildman–Crippen MR) is 42.7 cm³/mol. The second-order valence-electron chi connectivity index (χ2n) is 1.79. The van der Waals surface area contributed by atoms with Gasteiger partial charge in [0.15, 0.2) is 0 Å². The summed E-state index contributed by atoms with van der Waals surface area (Å²) in [5.41, 5.74) is 0. The van der Waals surface area contributed by atoms with Crippen molar-refractivity contribution in [3.05, 3.63) is 30.3 Å². The molecule has 0 fully saturated rings. The maximum atomic E-state index is 9.99. The van der Waals surface area contributed by atoms with Gasteiger partial charge in [0.05, 0.1) is 0 Å². The summed E-state index contributed by atoms with van der Waals surface area (Å²) < 4.78 is 1.29. The van der Waals surface area contributed by atoms with Crippen LogP contribution in [0.2, 0.25) is 5.32 Å². The number of hydrogen-bond acceptors (Lipinski definition) is 1. The van der Waals surface area contributed by atoms with E-state index in [0.717, 1.165) is 6.29 Å². The van der Waals surface area contributed by atoms with Crippen molar-refractivity contribution in [2.45, 2.75) is 5.32 Å². The van der Waals surface area contributed by atoms with Crippen molar-refractivity contribution >= 4 is 25.7 Å². The van der Waals surface area contributed by atoms with Gasteiger partial charge in [-0.15, -0.1) is 0 Å². The van der Waals surface area contributed by atoms with Crippen molar-refractivity contribution < 1.29 is 4.79 Å². The summed E-state index contributed by atoms with van der Waals surface area (Å²) in [4.78, 5) is 9.99. The predicted octanol–water partition coefficient (Wildman–Crippen LogP) is 0.633. The molecule has 0 aliphatic heterocycles. The molecule has 0 radical (unpaired) electrons. The Morgan fingerprint density at radius 3 is 2.60 bits per heavy atom. The molecule has 0 atom stereocenters. The average molecular weight is 199 g/mol. The molecule has 0 bridgehead atoms. The summed E-state index contributed by atoms with van der Waals surface area (Å²) in [6.45, 7) is 0. The Morgan fingerprint density at radius 1 is 1.30 bits per heavy atom. The quantitative estimate of drug-likeness (QED) is 0.515. The van der Waals surface area contributed by atoms with E-state index in [1.165, 1.54) is 4.46 Å². The Bertz CT molecular complexity index is 196. The normalized spacial score (nSPS) is 9.20. The van der Waals surface area contributed by atoms with Crippen molar-refractivity contribution in [1.82, 2.24) is 0 Å². The Labute approximate surface area is 66.6 Å². The molecule has 0 aliphatic carbocycles. The zero-order valence-corrected chi connectivity index (χ0v) is 7.20. The second-order valence-corrected chi connectivity index (χ2v) is 4.08. The van der Waals surface area contributed by atoms with E-state index in [0.29, 0.717) is 20.3 Å². The number of aldehydes is 1. The third-order valence-electron chi connectivity index (χ3n) is 1.06. The van der Waals surface area contributed by atoms with E-state index < -0.39 is 0 Å². The summed E-state index contributed by atoms with van der Waals surface area (Å²) >= 11 is 0.350. The molecule has 0 amide bonds. The fourth-order valence-electron chi connectivity index (χ4n) is 0.647. The van der Waals surface area contributed by atoms with Gasteiger partial charge in [-0.2, -0.15) is 0 Å². The molecule has 2 heteroatoms. The first-order chi connectivity index (χ1) is 4.93. The maximum absolute atomic E-state index is 9.99. The van der Waals surface area contributed by atoms with E-state index in [1.54, 1.807) is 0 Å². The van der Waals surface area contributed by atoms with Crippen LogP contribution >= 0.6 is 0 Å². The Balaban J connectivity index is 2.50. The van der Waals surface area contributed by atoms with Crippen LogP contribution in [0.1, 0.15) is 0 Å². The summed E-state index contributed by atoms with van der Waals surface area (Å²) in [6.07, 6.45) is 0.979. The van der Waals surface area contributed by atoms with Crippen LogP contribution in [0.3, 0.4) is 0 Å². The van der Waals surface area contributed by atoms with Gasteiger partial charge in [-0.25, -0.2) is 0 Å². The Hall–Kier alpha value is -0.591. The number of hydrogen-bond donors (Lipinski definition) is 0. The van der Waals surface area contributed by atoms with Crippen LogP contribution in [0.5, 0.6) is 0 Å². The molecular weight excluding hydrogens is 191 g/mol. The standard InChI is InChI=1S/C8H8OSe/c9-6-7-10-8-4-2-1-3-5-8/h1-6H,7H2. The van der Waals surface area contributed by atoms with Crippen LogP contribution < -0.4 is 4.46 Å². The monoisotopic (exact) mass is 200 g/mol. The molecule has 52 valence electrons. The number of carbonyl (C=O) groups excluding carboxylic acids is 1. The van der Waals surface area contributed by atoms with E-state index >= 15 is 0 Å². The zero-order valence-electron chi connectivity index (χ0n) is 5.49. The van der Waals surface area contributed by atoms with Crippen LogP contribution in [0.25, 0.3) is 0 Å². The van der Waals surface area contributed by atoms with E-state index in [-0.39, 0.29) is 0 Å². The summed E-state index contributed by atoms with van der Waals surface area (Å²) in [7, 11) is 0. The van der Waals surface area contributed by atoms with Gasteiger partial charge < -0.3 is 0 Å². The molecule has 0 spiro atoms. The van der Waals surface area contributed by atoms with E-state index in [1.807, 2.05) is 18.2 Å². The van der Waals surface area contributed by atoms with Crippen molar-refractivity contribution in [2.24, 2.45) is 0 Å². The van der Waals surface area contributed by atoms with Crippen LogP contribution in [0.15, 0.2) is 30.3 Å². The molecule has 0 unspecified atom stereocenters. The van der Waals surface area contributed by atoms with Gasteiger partial charge in [0.2, 0.25) is 0 Å². The van der Waals surface area contributed by atoms with E-state index in [4.69, 9.17) is 0 Å². The van der Waals surface area contributed by atoms with Crippen molar-refractivity contribution in [1.29, 1.82) is 0 Å². The first-order valence-corrected chi connectivity index (χ1v) is 5.12. The molecule has 0 aromatic heterocycles. The van der Waals surface area contributed by atoms with Gasteiger partial charge in [0, 0.05) is 0 Å². The van der Waals surface area contributed by atoms with Crippen molar-refractivity contribution in [2.75, 3.05) is 0 Å². The van der Waals surface area contributed by atoms with Crippen molar-refractivity contribution in [3.63, 3.8) is 0 Å². The molecule has 0 heterocycles. The molecule has 10 heavy (non-hydrogen) atoms. The van der Waals surface area contributed by atoms with Gasteiger partial charge in [-0.05, 0) is 0 Å². The molecule has 1 aromatic rings. The van der Waals surface area contributed by atoms with Gasteiger partial charge in [0.25, 0.3) is 0 Å². The van der Waals surface area contributed by atoms with Crippen molar-refractivity contribution in [3.8, 4) is 0 Å². The molecular formula is C8H8OSe. The van der Waals surface area contributed by atoms with Gasteiger partial charge in [-0.1, -0.05) is 0 Å². The fraction of sp³-hybridized carbons (Fsp3) is 0.125. The Morgan fingerprint density at radius 2 is 2.00 bits per heavy atom. The summed E-state index contributed by atoms with van der Waals surface area (Å²) in [5, 5.41) is 0.691. The first-order valence-electron chi connectivity index (χ1n) is 3.05. The fourth-order valence-corrected chi connectivity index (χ4v) is 1.93. The van der Waals surface area contributed by atoms with Crippen LogP contribution in [-0.4, -0.2) is 21.2 Å². The van der Waals surface area contributed by atoms with Gasteiger partial charge >= 0.3 is 66.2 Å². The SMILES string of the molecule is O=CC[Se]c1ccccc1.